The molecule has 47 heavy (non-hydrogen) atoms. The van der Waals surface area contributed by atoms with E-state index in [2.05, 4.69) is 20.6 Å². The Balaban J connectivity index is 1.46. The zero-order valence-corrected chi connectivity index (χ0v) is 27.6. The average Bonchev–Trinajstić information content (AvgIpc) is 3.52. The topological polar surface area (TPSA) is 149 Å². The summed E-state index contributed by atoms with van der Waals surface area (Å²) in [6.45, 7) is 8.72. The Morgan fingerprint density at radius 3 is 2.70 bits per heavy atom. The van der Waals surface area contributed by atoms with E-state index >= 15 is 0 Å². The van der Waals surface area contributed by atoms with Gasteiger partial charge in [-0.3, -0.25) is 9.59 Å². The minimum Gasteiger partial charge on any atom is -0.471 e. The molecule has 3 heterocycles. The Hall–Kier alpha value is -4.29. The number of alkyl carbamates (subject to hydrolysis) is 1. The Bertz CT molecular complexity index is 1560. The summed E-state index contributed by atoms with van der Waals surface area (Å²) in [5, 5.41) is 5.65. The van der Waals surface area contributed by atoms with E-state index in [4.69, 9.17) is 14.2 Å². The lowest BCUT2D eigenvalue weighted by molar-refractivity contribution is -0.150. The van der Waals surface area contributed by atoms with Gasteiger partial charge in [0.2, 0.25) is 17.7 Å². The number of amides is 3. The molecule has 0 radical (unpaired) electrons. The lowest BCUT2D eigenvalue weighted by Crippen LogP contribution is -2.56. The second-order valence-electron chi connectivity index (χ2n) is 13.5. The number of nitrogens with zero attached hydrogens (tertiary/aromatic N) is 3. The molecule has 3 amide bonds. The number of carbonyl (C=O) groups is 4. The molecular weight excluding hydrogens is 609 g/mol. The molecule has 3 aliphatic rings. The van der Waals surface area contributed by atoms with Gasteiger partial charge in [0.25, 0.3) is 0 Å². The molecule has 12 nitrogen and oxygen atoms in total. The van der Waals surface area contributed by atoms with Crippen molar-refractivity contribution in [1.29, 1.82) is 0 Å². The van der Waals surface area contributed by atoms with Crippen LogP contribution in [0.25, 0.3) is 11.0 Å². The molecule has 13 heteroatoms. The maximum Gasteiger partial charge on any atom is 0.408 e. The van der Waals surface area contributed by atoms with Crippen LogP contribution in [0, 0.1) is 18.7 Å². The van der Waals surface area contributed by atoms with E-state index in [0.717, 1.165) is 19.3 Å². The molecule has 2 N–H and O–H groups in total. The molecule has 1 aromatic heterocycles. The van der Waals surface area contributed by atoms with Gasteiger partial charge in [-0.25, -0.2) is 23.9 Å². The van der Waals surface area contributed by atoms with Crippen LogP contribution < -0.4 is 15.4 Å². The number of rotatable bonds is 5. The number of allylic oxidation sites excluding steroid dienone is 1. The van der Waals surface area contributed by atoms with Crippen molar-refractivity contribution in [2.75, 3.05) is 13.2 Å². The van der Waals surface area contributed by atoms with Crippen molar-refractivity contribution in [2.45, 2.75) is 109 Å². The van der Waals surface area contributed by atoms with Crippen LogP contribution in [-0.4, -0.2) is 81.2 Å². The summed E-state index contributed by atoms with van der Waals surface area (Å²) in [5.74, 6) is -2.24. The van der Waals surface area contributed by atoms with Crippen LogP contribution in [0.5, 0.6) is 5.88 Å². The van der Waals surface area contributed by atoms with Crippen molar-refractivity contribution < 1.29 is 37.8 Å². The van der Waals surface area contributed by atoms with Crippen LogP contribution in [0.3, 0.4) is 0 Å². The Labute approximate surface area is 273 Å². The molecule has 254 valence electrons. The van der Waals surface area contributed by atoms with Crippen molar-refractivity contribution >= 4 is 34.9 Å². The fraction of sp³-hybridized carbons (Fsp3) is 0.588. The summed E-state index contributed by atoms with van der Waals surface area (Å²) in [7, 11) is 0. The van der Waals surface area contributed by atoms with Gasteiger partial charge in [-0.15, -0.1) is 0 Å². The number of hydrogen-bond donors (Lipinski definition) is 2. The number of aromatic nitrogens is 2. The number of fused-ring (bicyclic) bond motifs is 3. The van der Waals surface area contributed by atoms with Gasteiger partial charge < -0.3 is 29.7 Å². The van der Waals surface area contributed by atoms with Gasteiger partial charge in [-0.2, -0.15) is 0 Å². The van der Waals surface area contributed by atoms with E-state index in [-0.39, 0.29) is 36.9 Å². The van der Waals surface area contributed by atoms with E-state index in [1.54, 1.807) is 46.8 Å². The summed E-state index contributed by atoms with van der Waals surface area (Å²) in [4.78, 5) is 64.5. The van der Waals surface area contributed by atoms with Gasteiger partial charge in [0.15, 0.2) is 5.82 Å². The quantitative estimate of drug-likeness (QED) is 0.356. The molecule has 0 spiro atoms. The predicted molar refractivity (Wildman–Crippen MR) is 170 cm³/mol. The third kappa shape index (κ3) is 7.82. The second kappa shape index (κ2) is 13.8. The van der Waals surface area contributed by atoms with E-state index in [0.29, 0.717) is 30.5 Å². The number of esters is 1. The molecule has 0 bridgehead atoms. The van der Waals surface area contributed by atoms with Gasteiger partial charge in [-0.05, 0) is 72.4 Å². The first-order chi connectivity index (χ1) is 22.3. The van der Waals surface area contributed by atoms with Crippen molar-refractivity contribution in [2.24, 2.45) is 5.92 Å². The number of carbonyl (C=O) groups excluding carboxylic acids is 4. The van der Waals surface area contributed by atoms with Gasteiger partial charge in [0.05, 0.1) is 18.7 Å². The molecule has 1 aromatic carbocycles. The average molecular weight is 654 g/mol. The first-order valence-electron chi connectivity index (χ1n) is 16.4. The maximum absolute atomic E-state index is 14.6. The zero-order chi connectivity index (χ0) is 33.9. The minimum absolute atomic E-state index is 0.0183. The number of benzene rings is 1. The van der Waals surface area contributed by atoms with E-state index in [1.165, 1.54) is 11.0 Å². The third-order valence-electron chi connectivity index (χ3n) is 8.62. The molecule has 2 aliphatic heterocycles. The molecular formula is C34H44FN5O7. The number of halogens is 1. The molecule has 2 fully saturated rings. The van der Waals surface area contributed by atoms with Crippen molar-refractivity contribution in [1.82, 2.24) is 25.5 Å². The first-order valence-corrected chi connectivity index (χ1v) is 16.4. The molecule has 1 saturated heterocycles. The summed E-state index contributed by atoms with van der Waals surface area (Å²) >= 11 is 0. The SMILES string of the molecule is CCOC(=O)[C@@]12CC1/C=C\CCCCC[C@H](NC(=O)OC(C)(C)C)C(=O)N1C[C@H](Oc3nc4c(F)cccc4nc3C)C[C@H]1C(=O)N2. The Kier molecular flexibility index (Phi) is 10.0. The summed E-state index contributed by atoms with van der Waals surface area (Å²) in [6, 6.07) is 2.47. The van der Waals surface area contributed by atoms with Gasteiger partial charge in [0, 0.05) is 12.3 Å². The lowest BCUT2D eigenvalue weighted by Gasteiger charge is -2.30. The highest BCUT2D eigenvalue weighted by molar-refractivity contribution is 5.96. The van der Waals surface area contributed by atoms with Crippen molar-refractivity contribution in [3.8, 4) is 5.88 Å². The normalized spacial score (nSPS) is 27.4. The van der Waals surface area contributed by atoms with E-state index < -0.39 is 59.0 Å². The highest BCUT2D eigenvalue weighted by Gasteiger charge is 2.62. The largest absolute Gasteiger partial charge is 0.471 e. The van der Waals surface area contributed by atoms with Crippen molar-refractivity contribution in [3.63, 3.8) is 0 Å². The number of hydrogen-bond acceptors (Lipinski definition) is 9. The van der Waals surface area contributed by atoms with Gasteiger partial charge >= 0.3 is 12.1 Å². The maximum atomic E-state index is 14.6. The highest BCUT2D eigenvalue weighted by atomic mass is 19.1. The lowest BCUT2D eigenvalue weighted by atomic mass is 10.0. The number of ether oxygens (including phenoxy) is 3. The Morgan fingerprint density at radius 2 is 1.96 bits per heavy atom. The summed E-state index contributed by atoms with van der Waals surface area (Å²) < 4.78 is 31.6. The number of aryl methyl sites for hydroxylation is 1. The molecule has 2 aromatic rings. The first kappa shape index (κ1) is 34.1. The van der Waals surface area contributed by atoms with Gasteiger partial charge in [0.1, 0.15) is 40.5 Å². The monoisotopic (exact) mass is 653 g/mol. The molecule has 1 unspecified atom stereocenters. The van der Waals surface area contributed by atoms with Crippen LogP contribution in [0.2, 0.25) is 0 Å². The molecule has 5 atom stereocenters. The Morgan fingerprint density at radius 1 is 1.17 bits per heavy atom. The van der Waals surface area contributed by atoms with E-state index in [1.807, 2.05) is 12.2 Å². The van der Waals surface area contributed by atoms with Gasteiger partial charge in [-0.1, -0.05) is 31.1 Å². The second-order valence-corrected chi connectivity index (χ2v) is 13.5. The standard InChI is InChI=1S/C34H44FN5O7/c1-6-45-31(43)34-18-21(34)13-10-8-7-9-11-15-25(37-32(44)47-33(3,4)5)30(42)40-19-22(17-26(40)28(41)39-34)46-29-20(2)36-24-16-12-14-23(35)27(24)38-29/h10,12-14,16,21-22,25-26H,6-9,11,15,17-19H2,1-5H3,(H,37,44)(H,39,41)/b13-10-/t21?,22-,25+,26+,34-/m1/s1. The number of nitrogens with one attached hydrogen (secondary N) is 2. The molecule has 5 rings (SSSR count). The summed E-state index contributed by atoms with van der Waals surface area (Å²) in [5.41, 5.74) is -1.18. The smallest absolute Gasteiger partial charge is 0.408 e. The third-order valence-corrected chi connectivity index (χ3v) is 8.62. The summed E-state index contributed by atoms with van der Waals surface area (Å²) in [6.07, 6.45) is 6.37. The predicted octanol–water partition coefficient (Wildman–Crippen LogP) is 4.28. The fourth-order valence-electron chi connectivity index (χ4n) is 6.23. The molecule has 1 aliphatic carbocycles. The molecule has 1 saturated carbocycles. The van der Waals surface area contributed by atoms with E-state index in [9.17, 15) is 23.6 Å². The van der Waals surface area contributed by atoms with Crippen LogP contribution in [0.4, 0.5) is 9.18 Å². The van der Waals surface area contributed by atoms with Crippen LogP contribution in [0.15, 0.2) is 30.4 Å². The highest BCUT2D eigenvalue weighted by Crippen LogP contribution is 2.46. The fourth-order valence-corrected chi connectivity index (χ4v) is 6.23. The number of para-hydroxylation sites is 1. The zero-order valence-electron chi connectivity index (χ0n) is 27.6. The minimum atomic E-state index is -1.23. The van der Waals surface area contributed by atoms with Crippen molar-refractivity contribution in [3.05, 3.63) is 41.9 Å². The van der Waals surface area contributed by atoms with Crippen LogP contribution >= 0.6 is 0 Å². The van der Waals surface area contributed by atoms with Crippen LogP contribution in [0.1, 0.15) is 78.3 Å². The van der Waals surface area contributed by atoms with Crippen LogP contribution in [-0.2, 0) is 23.9 Å².